The molecule has 0 fully saturated rings. The van der Waals surface area contributed by atoms with Crippen molar-refractivity contribution < 1.29 is 0 Å². The van der Waals surface area contributed by atoms with Crippen molar-refractivity contribution in [3.63, 3.8) is 0 Å². The Hall–Kier alpha value is -1.91. The number of nitrogens with one attached hydrogen (secondary N) is 1. The SMILES string of the molecule is CCNc1nc(CC)nc(-c2ccnn2C)c1C. The van der Waals surface area contributed by atoms with Crippen LogP contribution in [0.1, 0.15) is 25.2 Å². The molecule has 0 bridgehead atoms. The van der Waals surface area contributed by atoms with Gasteiger partial charge in [-0.25, -0.2) is 9.97 Å². The minimum atomic E-state index is 0.823. The van der Waals surface area contributed by atoms with Gasteiger partial charge in [0.15, 0.2) is 0 Å². The van der Waals surface area contributed by atoms with Crippen molar-refractivity contribution in [1.29, 1.82) is 0 Å². The first-order valence-electron chi connectivity index (χ1n) is 6.27. The standard InChI is InChI=1S/C13H19N5/c1-5-11-16-12(10-7-8-15-18(10)4)9(3)13(17-11)14-6-2/h7-8H,5-6H2,1-4H3,(H,14,16,17). The number of aromatic nitrogens is 4. The van der Waals surface area contributed by atoms with Crippen LogP contribution in [-0.4, -0.2) is 26.3 Å². The van der Waals surface area contributed by atoms with Crippen LogP contribution in [0.15, 0.2) is 12.3 Å². The van der Waals surface area contributed by atoms with Gasteiger partial charge in [0.1, 0.15) is 11.6 Å². The van der Waals surface area contributed by atoms with Crippen LogP contribution in [-0.2, 0) is 13.5 Å². The van der Waals surface area contributed by atoms with Crippen molar-refractivity contribution in [3.8, 4) is 11.4 Å². The highest BCUT2D eigenvalue weighted by Crippen LogP contribution is 2.25. The van der Waals surface area contributed by atoms with Crippen LogP contribution >= 0.6 is 0 Å². The summed E-state index contributed by atoms with van der Waals surface area (Å²) >= 11 is 0. The molecule has 5 heteroatoms. The zero-order chi connectivity index (χ0) is 13.1. The van der Waals surface area contributed by atoms with Crippen LogP contribution in [0.3, 0.4) is 0 Å². The summed E-state index contributed by atoms with van der Waals surface area (Å²) in [5.41, 5.74) is 3.04. The van der Waals surface area contributed by atoms with Gasteiger partial charge in [0.25, 0.3) is 0 Å². The Labute approximate surface area is 107 Å². The quantitative estimate of drug-likeness (QED) is 0.897. The molecule has 1 N–H and O–H groups in total. The lowest BCUT2D eigenvalue weighted by atomic mass is 10.1. The zero-order valence-electron chi connectivity index (χ0n) is 11.4. The lowest BCUT2D eigenvalue weighted by Gasteiger charge is -2.12. The molecule has 5 nitrogen and oxygen atoms in total. The van der Waals surface area contributed by atoms with E-state index in [0.29, 0.717) is 0 Å². The van der Waals surface area contributed by atoms with Gasteiger partial charge in [0.05, 0.1) is 11.4 Å². The minimum Gasteiger partial charge on any atom is -0.370 e. The molecule has 0 atom stereocenters. The van der Waals surface area contributed by atoms with E-state index in [2.05, 4.69) is 34.2 Å². The van der Waals surface area contributed by atoms with Crippen molar-refractivity contribution in [2.24, 2.45) is 7.05 Å². The summed E-state index contributed by atoms with van der Waals surface area (Å²) in [5, 5.41) is 7.49. The minimum absolute atomic E-state index is 0.823. The Bertz CT molecular complexity index is 544. The first-order chi connectivity index (χ1) is 8.67. The normalized spacial score (nSPS) is 10.7. The fourth-order valence-corrected chi connectivity index (χ4v) is 1.92. The molecule has 0 aliphatic heterocycles. The summed E-state index contributed by atoms with van der Waals surface area (Å²) in [6.45, 7) is 7.02. The van der Waals surface area contributed by atoms with E-state index < -0.39 is 0 Å². The Kier molecular flexibility index (Phi) is 3.60. The van der Waals surface area contributed by atoms with Crippen molar-refractivity contribution in [2.75, 3.05) is 11.9 Å². The Balaban J connectivity index is 2.59. The molecule has 0 radical (unpaired) electrons. The van der Waals surface area contributed by atoms with E-state index in [4.69, 9.17) is 0 Å². The molecule has 0 spiro atoms. The van der Waals surface area contributed by atoms with Gasteiger partial charge in [-0.1, -0.05) is 6.92 Å². The Morgan fingerprint density at radius 3 is 2.61 bits per heavy atom. The summed E-state index contributed by atoms with van der Waals surface area (Å²) in [4.78, 5) is 9.15. The fraction of sp³-hybridized carbons (Fsp3) is 0.462. The molecule has 0 unspecified atom stereocenters. The predicted molar refractivity (Wildman–Crippen MR) is 72.5 cm³/mol. The van der Waals surface area contributed by atoms with Crippen LogP contribution in [0.2, 0.25) is 0 Å². The monoisotopic (exact) mass is 245 g/mol. The Morgan fingerprint density at radius 1 is 1.28 bits per heavy atom. The summed E-state index contributed by atoms with van der Waals surface area (Å²) in [7, 11) is 1.93. The van der Waals surface area contributed by atoms with E-state index in [1.165, 1.54) is 0 Å². The molecule has 0 saturated heterocycles. The van der Waals surface area contributed by atoms with Gasteiger partial charge in [-0.3, -0.25) is 4.68 Å². The van der Waals surface area contributed by atoms with Crippen LogP contribution in [0, 0.1) is 6.92 Å². The summed E-state index contributed by atoms with van der Waals surface area (Å²) in [6, 6.07) is 1.98. The lowest BCUT2D eigenvalue weighted by Crippen LogP contribution is -2.08. The van der Waals surface area contributed by atoms with Crippen LogP contribution in [0.25, 0.3) is 11.4 Å². The van der Waals surface area contributed by atoms with Crippen molar-refractivity contribution >= 4 is 5.82 Å². The number of aryl methyl sites for hydroxylation is 2. The smallest absolute Gasteiger partial charge is 0.133 e. The van der Waals surface area contributed by atoms with E-state index in [9.17, 15) is 0 Å². The second-order valence-electron chi connectivity index (χ2n) is 4.19. The van der Waals surface area contributed by atoms with Gasteiger partial charge in [-0.2, -0.15) is 5.10 Å². The summed E-state index contributed by atoms with van der Waals surface area (Å²) in [6.07, 6.45) is 2.61. The Morgan fingerprint density at radius 2 is 2.06 bits per heavy atom. The highest BCUT2D eigenvalue weighted by molar-refractivity contribution is 5.65. The molecule has 0 saturated carbocycles. The van der Waals surface area contributed by atoms with Crippen molar-refractivity contribution in [3.05, 3.63) is 23.7 Å². The van der Waals surface area contributed by atoms with E-state index in [-0.39, 0.29) is 0 Å². The second-order valence-corrected chi connectivity index (χ2v) is 4.19. The average Bonchev–Trinajstić information content (AvgIpc) is 2.78. The maximum Gasteiger partial charge on any atom is 0.133 e. The molecule has 2 rings (SSSR count). The van der Waals surface area contributed by atoms with E-state index in [1.807, 2.05) is 24.7 Å². The molecule has 0 aromatic carbocycles. The molecule has 0 aliphatic rings. The largest absolute Gasteiger partial charge is 0.370 e. The molecule has 2 heterocycles. The topological polar surface area (TPSA) is 55.6 Å². The van der Waals surface area contributed by atoms with Crippen molar-refractivity contribution in [2.45, 2.75) is 27.2 Å². The molecule has 0 aliphatic carbocycles. The van der Waals surface area contributed by atoms with Crippen LogP contribution in [0.4, 0.5) is 5.82 Å². The van der Waals surface area contributed by atoms with Gasteiger partial charge in [-0.05, 0) is 19.9 Å². The predicted octanol–water partition coefficient (Wildman–Crippen LogP) is 2.18. The zero-order valence-corrected chi connectivity index (χ0v) is 11.4. The maximum absolute atomic E-state index is 4.63. The van der Waals surface area contributed by atoms with Gasteiger partial charge in [0.2, 0.25) is 0 Å². The lowest BCUT2D eigenvalue weighted by molar-refractivity contribution is 0.770. The summed E-state index contributed by atoms with van der Waals surface area (Å²) < 4.78 is 1.84. The van der Waals surface area contributed by atoms with E-state index in [0.717, 1.165) is 41.6 Å². The highest BCUT2D eigenvalue weighted by atomic mass is 15.3. The third-order valence-electron chi connectivity index (χ3n) is 2.92. The first kappa shape index (κ1) is 12.5. The number of hydrogen-bond donors (Lipinski definition) is 1. The van der Waals surface area contributed by atoms with Crippen molar-refractivity contribution in [1.82, 2.24) is 19.7 Å². The number of hydrogen-bond acceptors (Lipinski definition) is 4. The molecule has 2 aromatic rings. The molecule has 2 aromatic heterocycles. The van der Waals surface area contributed by atoms with Gasteiger partial charge in [-0.15, -0.1) is 0 Å². The highest BCUT2D eigenvalue weighted by Gasteiger charge is 2.13. The van der Waals surface area contributed by atoms with Gasteiger partial charge >= 0.3 is 0 Å². The van der Waals surface area contributed by atoms with Crippen LogP contribution < -0.4 is 5.32 Å². The average molecular weight is 245 g/mol. The van der Waals surface area contributed by atoms with E-state index >= 15 is 0 Å². The third kappa shape index (κ3) is 2.20. The van der Waals surface area contributed by atoms with Gasteiger partial charge in [0, 0.05) is 31.8 Å². The molecule has 96 valence electrons. The maximum atomic E-state index is 4.63. The molecular formula is C13H19N5. The fourth-order valence-electron chi connectivity index (χ4n) is 1.92. The number of rotatable bonds is 4. The summed E-state index contributed by atoms with van der Waals surface area (Å²) in [5.74, 6) is 1.77. The second kappa shape index (κ2) is 5.16. The number of anilines is 1. The third-order valence-corrected chi connectivity index (χ3v) is 2.92. The van der Waals surface area contributed by atoms with Crippen LogP contribution in [0.5, 0.6) is 0 Å². The van der Waals surface area contributed by atoms with Gasteiger partial charge < -0.3 is 5.32 Å². The molecule has 18 heavy (non-hydrogen) atoms. The molecular weight excluding hydrogens is 226 g/mol. The molecule has 0 amide bonds. The van der Waals surface area contributed by atoms with E-state index in [1.54, 1.807) is 6.20 Å². The number of nitrogens with zero attached hydrogens (tertiary/aromatic N) is 4. The first-order valence-corrected chi connectivity index (χ1v) is 6.27.